The van der Waals surface area contributed by atoms with Crippen LogP contribution in [0.25, 0.3) is 6.08 Å². The molecule has 4 nitrogen and oxygen atoms in total. The molecule has 3 aliphatic rings. The normalized spacial score (nSPS) is 34.0. The Bertz CT molecular complexity index is 809. The fourth-order valence-corrected chi connectivity index (χ4v) is 5.36. The molecular weight excluding hydrogens is 340 g/mol. The quantitative estimate of drug-likeness (QED) is 0.437. The molecule has 1 aromatic rings. The zero-order chi connectivity index (χ0) is 19.2. The van der Waals surface area contributed by atoms with Gasteiger partial charge in [0.15, 0.2) is 11.5 Å². The number of ether oxygens (including phenoxy) is 3. The molecule has 144 valence electrons. The summed E-state index contributed by atoms with van der Waals surface area (Å²) >= 11 is 0. The van der Waals surface area contributed by atoms with Crippen molar-refractivity contribution < 1.29 is 19.0 Å². The van der Waals surface area contributed by atoms with Crippen molar-refractivity contribution in [3.8, 4) is 11.5 Å². The van der Waals surface area contributed by atoms with E-state index >= 15 is 0 Å². The number of carbonyl (C=O) groups excluding carboxylic acids is 1. The van der Waals surface area contributed by atoms with Crippen LogP contribution in [-0.4, -0.2) is 26.3 Å². The molecule has 2 aliphatic carbocycles. The van der Waals surface area contributed by atoms with Gasteiger partial charge in [0.05, 0.1) is 14.2 Å². The SMILES string of the molecule is C=C1CCC[C@]2(C)C[C@H]3OC(=O)/C(=C\c4ccc(OC)c(OC)c4)[C@H]3C[C@@H]12. The molecule has 4 atom stereocenters. The van der Waals surface area contributed by atoms with Crippen LogP contribution in [0.3, 0.4) is 0 Å². The standard InChI is InChI=1S/C23H28O4/c1-14-6-5-9-23(2)13-21-16(12-18(14)23)17(22(24)27-21)10-15-7-8-19(25-3)20(11-15)26-4/h7-8,10-11,16,18,21H,1,5-6,9,12-13H2,2-4H3/b17-10-/t16-,18+,21-,23-/m1/s1. The van der Waals surface area contributed by atoms with E-state index in [9.17, 15) is 4.79 Å². The van der Waals surface area contributed by atoms with E-state index in [2.05, 4.69) is 13.5 Å². The summed E-state index contributed by atoms with van der Waals surface area (Å²) in [6.45, 7) is 6.70. The van der Waals surface area contributed by atoms with Gasteiger partial charge in [0.1, 0.15) is 6.10 Å². The number of allylic oxidation sites excluding steroid dienone is 1. The minimum Gasteiger partial charge on any atom is -0.493 e. The first kappa shape index (κ1) is 18.1. The average Bonchev–Trinajstić information content (AvgIpc) is 2.94. The van der Waals surface area contributed by atoms with Gasteiger partial charge in [0.2, 0.25) is 0 Å². The Kier molecular flexibility index (Phi) is 4.53. The molecule has 1 saturated heterocycles. The van der Waals surface area contributed by atoms with Crippen LogP contribution in [0, 0.1) is 17.3 Å². The van der Waals surface area contributed by atoms with Crippen LogP contribution in [-0.2, 0) is 9.53 Å². The number of benzene rings is 1. The Balaban J connectivity index is 1.65. The summed E-state index contributed by atoms with van der Waals surface area (Å²) in [5, 5.41) is 0. The molecule has 1 heterocycles. The van der Waals surface area contributed by atoms with E-state index in [0.29, 0.717) is 17.4 Å². The molecule has 4 heteroatoms. The molecular formula is C23H28O4. The highest BCUT2D eigenvalue weighted by atomic mass is 16.6. The van der Waals surface area contributed by atoms with Crippen molar-refractivity contribution >= 4 is 12.0 Å². The first-order valence-corrected chi connectivity index (χ1v) is 9.77. The Hall–Kier alpha value is -2.23. The molecule has 0 unspecified atom stereocenters. The predicted octanol–water partition coefficient (Wildman–Crippen LogP) is 4.79. The van der Waals surface area contributed by atoms with E-state index < -0.39 is 0 Å². The summed E-state index contributed by atoms with van der Waals surface area (Å²) in [4.78, 5) is 12.6. The third kappa shape index (κ3) is 3.05. The van der Waals surface area contributed by atoms with Crippen molar-refractivity contribution in [2.75, 3.05) is 14.2 Å². The second-order valence-electron chi connectivity index (χ2n) is 8.42. The molecule has 2 saturated carbocycles. The highest BCUT2D eigenvalue weighted by molar-refractivity contribution is 5.96. The molecule has 27 heavy (non-hydrogen) atoms. The van der Waals surface area contributed by atoms with E-state index in [-0.39, 0.29) is 23.4 Å². The van der Waals surface area contributed by atoms with Gasteiger partial charge in [-0.15, -0.1) is 0 Å². The molecule has 4 rings (SSSR count). The molecule has 3 fully saturated rings. The monoisotopic (exact) mass is 368 g/mol. The summed E-state index contributed by atoms with van der Waals surface area (Å²) in [6, 6.07) is 5.71. The van der Waals surface area contributed by atoms with Gasteiger partial charge in [-0.1, -0.05) is 25.1 Å². The Labute approximate surface area is 161 Å². The van der Waals surface area contributed by atoms with Crippen molar-refractivity contribution in [1.82, 2.24) is 0 Å². The molecule has 0 bridgehead atoms. The van der Waals surface area contributed by atoms with Crippen LogP contribution in [0.2, 0.25) is 0 Å². The van der Waals surface area contributed by atoms with Gasteiger partial charge in [-0.25, -0.2) is 4.79 Å². The first-order chi connectivity index (χ1) is 12.9. The van der Waals surface area contributed by atoms with E-state index in [1.807, 2.05) is 24.3 Å². The van der Waals surface area contributed by atoms with E-state index in [0.717, 1.165) is 30.4 Å². The molecule has 1 aliphatic heterocycles. The van der Waals surface area contributed by atoms with E-state index in [4.69, 9.17) is 14.2 Å². The lowest BCUT2D eigenvalue weighted by Crippen LogP contribution is -2.43. The summed E-state index contributed by atoms with van der Waals surface area (Å²) in [5.74, 6) is 1.80. The minimum absolute atomic E-state index is 0.00366. The van der Waals surface area contributed by atoms with Crippen molar-refractivity contribution in [2.45, 2.75) is 45.1 Å². The molecule has 0 aromatic heterocycles. The van der Waals surface area contributed by atoms with Crippen molar-refractivity contribution in [3.63, 3.8) is 0 Å². The van der Waals surface area contributed by atoms with Gasteiger partial charge in [-0.3, -0.25) is 0 Å². The number of carbonyl (C=O) groups is 1. The Morgan fingerprint density at radius 2 is 2.04 bits per heavy atom. The number of methoxy groups -OCH3 is 2. The Morgan fingerprint density at radius 3 is 2.78 bits per heavy atom. The van der Waals surface area contributed by atoms with Crippen LogP contribution in [0.15, 0.2) is 35.9 Å². The lowest BCUT2D eigenvalue weighted by Gasteiger charge is -2.49. The minimum atomic E-state index is -0.173. The molecule has 0 N–H and O–H groups in total. The second-order valence-corrected chi connectivity index (χ2v) is 8.42. The number of hydrogen-bond donors (Lipinski definition) is 0. The Morgan fingerprint density at radius 1 is 1.26 bits per heavy atom. The highest BCUT2D eigenvalue weighted by Crippen LogP contribution is 2.57. The summed E-state index contributed by atoms with van der Waals surface area (Å²) < 4.78 is 16.5. The smallest absolute Gasteiger partial charge is 0.334 e. The molecule has 0 spiro atoms. The molecule has 0 radical (unpaired) electrons. The van der Waals surface area contributed by atoms with E-state index in [1.54, 1.807) is 14.2 Å². The molecule has 0 amide bonds. The van der Waals surface area contributed by atoms with Gasteiger partial charge in [-0.2, -0.15) is 0 Å². The van der Waals surface area contributed by atoms with Crippen LogP contribution in [0.4, 0.5) is 0 Å². The lowest BCUT2D eigenvalue weighted by atomic mass is 9.56. The first-order valence-electron chi connectivity index (χ1n) is 9.77. The maximum absolute atomic E-state index is 12.6. The number of rotatable bonds is 3. The number of esters is 1. The van der Waals surface area contributed by atoms with Crippen molar-refractivity contribution in [1.29, 1.82) is 0 Å². The summed E-state index contributed by atoms with van der Waals surface area (Å²) in [5.41, 5.74) is 3.28. The number of hydrogen-bond acceptors (Lipinski definition) is 4. The zero-order valence-electron chi connectivity index (χ0n) is 16.4. The second kappa shape index (κ2) is 6.74. The third-order valence-corrected chi connectivity index (χ3v) is 6.81. The molecule has 1 aromatic carbocycles. The van der Waals surface area contributed by atoms with Gasteiger partial charge in [0.25, 0.3) is 0 Å². The van der Waals surface area contributed by atoms with Crippen LogP contribution >= 0.6 is 0 Å². The largest absolute Gasteiger partial charge is 0.493 e. The van der Waals surface area contributed by atoms with Crippen molar-refractivity contribution in [2.24, 2.45) is 17.3 Å². The number of fused-ring (bicyclic) bond motifs is 2. The summed E-state index contributed by atoms with van der Waals surface area (Å²) in [7, 11) is 3.23. The average molecular weight is 368 g/mol. The van der Waals surface area contributed by atoms with Gasteiger partial charge >= 0.3 is 5.97 Å². The van der Waals surface area contributed by atoms with Crippen molar-refractivity contribution in [3.05, 3.63) is 41.5 Å². The maximum atomic E-state index is 12.6. The fourth-order valence-electron chi connectivity index (χ4n) is 5.36. The van der Waals surface area contributed by atoms with Gasteiger partial charge < -0.3 is 14.2 Å². The lowest BCUT2D eigenvalue weighted by molar-refractivity contribution is -0.142. The van der Waals surface area contributed by atoms with Gasteiger partial charge in [-0.05, 0) is 67.2 Å². The third-order valence-electron chi connectivity index (χ3n) is 6.81. The highest BCUT2D eigenvalue weighted by Gasteiger charge is 2.53. The topological polar surface area (TPSA) is 44.8 Å². The summed E-state index contributed by atoms with van der Waals surface area (Å²) in [6.07, 6.45) is 7.37. The zero-order valence-corrected chi connectivity index (χ0v) is 16.4. The predicted molar refractivity (Wildman–Crippen MR) is 105 cm³/mol. The maximum Gasteiger partial charge on any atom is 0.334 e. The van der Waals surface area contributed by atoms with Crippen LogP contribution in [0.5, 0.6) is 11.5 Å². The van der Waals surface area contributed by atoms with E-state index in [1.165, 1.54) is 18.4 Å². The van der Waals surface area contributed by atoms with Crippen LogP contribution < -0.4 is 9.47 Å². The fraction of sp³-hybridized carbons (Fsp3) is 0.522. The van der Waals surface area contributed by atoms with Crippen LogP contribution in [0.1, 0.15) is 44.6 Å². The van der Waals surface area contributed by atoms with Gasteiger partial charge in [0, 0.05) is 11.5 Å².